The lowest BCUT2D eigenvalue weighted by Gasteiger charge is -2.15. The van der Waals surface area contributed by atoms with Crippen LogP contribution in [0.4, 0.5) is 4.39 Å². The number of rotatable bonds is 4. The molecule has 0 fully saturated rings. The number of alkyl halides is 1. The quantitative estimate of drug-likeness (QED) is 0.621. The zero-order valence-electron chi connectivity index (χ0n) is 7.05. The van der Waals surface area contributed by atoms with Gasteiger partial charge in [0.25, 0.3) is 0 Å². The van der Waals surface area contributed by atoms with E-state index in [1.807, 2.05) is 0 Å². The van der Waals surface area contributed by atoms with Crippen molar-refractivity contribution in [2.75, 3.05) is 6.67 Å². The second kappa shape index (κ2) is 5.08. The van der Waals surface area contributed by atoms with Crippen molar-refractivity contribution in [2.45, 2.75) is 20.0 Å². The van der Waals surface area contributed by atoms with Gasteiger partial charge in [-0.15, -0.1) is 0 Å². The molecule has 0 aromatic carbocycles. The van der Waals surface area contributed by atoms with E-state index in [0.29, 0.717) is 0 Å². The van der Waals surface area contributed by atoms with Gasteiger partial charge in [-0.25, -0.2) is 0 Å². The largest absolute Gasteiger partial charge is 0.388 e. The van der Waals surface area contributed by atoms with Crippen molar-refractivity contribution in [3.8, 4) is 0 Å². The molecule has 2 atom stereocenters. The first-order valence-electron chi connectivity index (χ1n) is 3.66. The van der Waals surface area contributed by atoms with Gasteiger partial charge in [0.2, 0.25) is 0 Å². The van der Waals surface area contributed by atoms with E-state index in [1.54, 1.807) is 26.0 Å². The van der Waals surface area contributed by atoms with Crippen LogP contribution in [0.2, 0.25) is 0 Å². The molecule has 0 aliphatic heterocycles. The van der Waals surface area contributed by atoms with E-state index in [1.165, 1.54) is 0 Å². The molecule has 0 heterocycles. The molecule has 0 bridgehead atoms. The zero-order valence-corrected chi connectivity index (χ0v) is 7.05. The average molecular weight is 158 g/mol. The highest BCUT2D eigenvalue weighted by molar-refractivity contribution is 5.12. The van der Waals surface area contributed by atoms with Crippen molar-refractivity contribution >= 4 is 0 Å². The topological polar surface area (TPSA) is 20.2 Å². The summed E-state index contributed by atoms with van der Waals surface area (Å²) in [6.45, 7) is 6.42. The van der Waals surface area contributed by atoms with Crippen molar-refractivity contribution in [3.05, 3.63) is 24.3 Å². The summed E-state index contributed by atoms with van der Waals surface area (Å²) in [5.74, 6) is -0.328. The molecule has 0 amide bonds. The van der Waals surface area contributed by atoms with Crippen molar-refractivity contribution < 1.29 is 9.50 Å². The Balaban J connectivity index is 4.11. The fourth-order valence-corrected chi connectivity index (χ4v) is 0.818. The van der Waals surface area contributed by atoms with Gasteiger partial charge < -0.3 is 5.11 Å². The molecule has 0 saturated heterocycles. The third-order valence-corrected chi connectivity index (χ3v) is 1.63. The van der Waals surface area contributed by atoms with E-state index in [-0.39, 0.29) is 5.92 Å². The van der Waals surface area contributed by atoms with Gasteiger partial charge in [-0.1, -0.05) is 25.7 Å². The zero-order chi connectivity index (χ0) is 8.85. The number of aliphatic hydroxyl groups excluding tert-OH is 1. The standard InChI is InChI=1S/C9H15FO/c1-4-5-7(2)9(11)8(3)6-10/h4-5,8-9,11H,1,6H2,2-3H3. The van der Waals surface area contributed by atoms with Gasteiger partial charge in [0.1, 0.15) is 0 Å². The Labute approximate surface area is 67.2 Å². The fourth-order valence-electron chi connectivity index (χ4n) is 0.818. The Hall–Kier alpha value is -0.630. The minimum absolute atomic E-state index is 0.328. The van der Waals surface area contributed by atoms with Crippen LogP contribution in [0.25, 0.3) is 0 Å². The molecule has 2 heteroatoms. The van der Waals surface area contributed by atoms with Crippen LogP contribution in [-0.4, -0.2) is 17.9 Å². The third-order valence-electron chi connectivity index (χ3n) is 1.63. The van der Waals surface area contributed by atoms with Crippen LogP contribution in [-0.2, 0) is 0 Å². The lowest BCUT2D eigenvalue weighted by Crippen LogP contribution is -2.20. The predicted octanol–water partition coefficient (Wildman–Crippen LogP) is 2.09. The maximum atomic E-state index is 12.0. The van der Waals surface area contributed by atoms with Crippen LogP contribution >= 0.6 is 0 Å². The van der Waals surface area contributed by atoms with Gasteiger partial charge in [0.15, 0.2) is 0 Å². The SMILES string of the molecule is C=CC=C(C)C(O)C(C)CF. The molecule has 0 rings (SSSR count). The van der Waals surface area contributed by atoms with Crippen LogP contribution in [0.15, 0.2) is 24.3 Å². The molecule has 1 nitrogen and oxygen atoms in total. The molecule has 0 aromatic heterocycles. The first-order valence-corrected chi connectivity index (χ1v) is 3.66. The second-order valence-corrected chi connectivity index (χ2v) is 2.72. The maximum Gasteiger partial charge on any atom is 0.0947 e. The summed E-state index contributed by atoms with van der Waals surface area (Å²) in [6, 6.07) is 0. The van der Waals surface area contributed by atoms with E-state index in [4.69, 9.17) is 0 Å². The Morgan fingerprint density at radius 3 is 2.64 bits per heavy atom. The molecular weight excluding hydrogens is 143 g/mol. The highest BCUT2D eigenvalue weighted by atomic mass is 19.1. The normalized spacial score (nSPS) is 17.6. The summed E-state index contributed by atoms with van der Waals surface area (Å²) in [5.41, 5.74) is 0.755. The van der Waals surface area contributed by atoms with E-state index in [9.17, 15) is 9.50 Å². The molecule has 0 aromatic rings. The summed E-state index contributed by atoms with van der Waals surface area (Å²) in [7, 11) is 0. The highest BCUT2D eigenvalue weighted by Gasteiger charge is 2.14. The van der Waals surface area contributed by atoms with Crippen molar-refractivity contribution in [1.82, 2.24) is 0 Å². The lowest BCUT2D eigenvalue weighted by molar-refractivity contribution is 0.132. The van der Waals surface area contributed by atoms with Gasteiger partial charge in [-0.05, 0) is 12.5 Å². The van der Waals surface area contributed by atoms with Crippen LogP contribution in [0, 0.1) is 5.92 Å². The molecule has 11 heavy (non-hydrogen) atoms. The van der Waals surface area contributed by atoms with E-state index < -0.39 is 12.8 Å². The average Bonchev–Trinajstić information content (AvgIpc) is 2.02. The number of allylic oxidation sites excluding steroid dienone is 2. The molecule has 0 aliphatic rings. The minimum Gasteiger partial charge on any atom is -0.388 e. The van der Waals surface area contributed by atoms with Gasteiger partial charge in [-0.3, -0.25) is 4.39 Å². The summed E-state index contributed by atoms with van der Waals surface area (Å²) in [5, 5.41) is 9.36. The number of halogens is 1. The summed E-state index contributed by atoms with van der Waals surface area (Å²) < 4.78 is 12.0. The van der Waals surface area contributed by atoms with Crippen LogP contribution in [0.5, 0.6) is 0 Å². The first kappa shape index (κ1) is 10.4. The van der Waals surface area contributed by atoms with E-state index >= 15 is 0 Å². The summed E-state index contributed by atoms with van der Waals surface area (Å²) in [4.78, 5) is 0. The highest BCUT2D eigenvalue weighted by Crippen LogP contribution is 2.12. The Bertz CT molecular complexity index is 152. The summed E-state index contributed by atoms with van der Waals surface area (Å²) in [6.07, 6.45) is 2.60. The Kier molecular flexibility index (Phi) is 4.79. The monoisotopic (exact) mass is 158 g/mol. The Morgan fingerprint density at radius 2 is 2.27 bits per heavy atom. The smallest absolute Gasteiger partial charge is 0.0947 e. The lowest BCUT2D eigenvalue weighted by atomic mass is 9.99. The molecule has 0 saturated carbocycles. The van der Waals surface area contributed by atoms with E-state index in [2.05, 4.69) is 6.58 Å². The maximum absolute atomic E-state index is 12.0. The van der Waals surface area contributed by atoms with Crippen LogP contribution in [0.3, 0.4) is 0 Å². The molecule has 2 unspecified atom stereocenters. The van der Waals surface area contributed by atoms with Gasteiger partial charge in [-0.2, -0.15) is 0 Å². The molecule has 0 radical (unpaired) electrons. The van der Waals surface area contributed by atoms with Crippen LogP contribution in [0.1, 0.15) is 13.8 Å². The molecule has 64 valence electrons. The van der Waals surface area contributed by atoms with Crippen LogP contribution < -0.4 is 0 Å². The number of hydrogen-bond acceptors (Lipinski definition) is 1. The fraction of sp³-hybridized carbons (Fsp3) is 0.556. The molecule has 1 N–H and O–H groups in total. The molecule has 0 aliphatic carbocycles. The van der Waals surface area contributed by atoms with Crippen molar-refractivity contribution in [2.24, 2.45) is 5.92 Å². The van der Waals surface area contributed by atoms with Gasteiger partial charge >= 0.3 is 0 Å². The first-order chi connectivity index (χ1) is 5.13. The Morgan fingerprint density at radius 1 is 1.73 bits per heavy atom. The molecular formula is C9H15FO. The van der Waals surface area contributed by atoms with Crippen molar-refractivity contribution in [3.63, 3.8) is 0 Å². The predicted molar refractivity (Wildman–Crippen MR) is 45.1 cm³/mol. The molecule has 0 spiro atoms. The number of hydrogen-bond donors (Lipinski definition) is 1. The summed E-state index contributed by atoms with van der Waals surface area (Å²) >= 11 is 0. The minimum atomic E-state index is -0.682. The van der Waals surface area contributed by atoms with Gasteiger partial charge in [0.05, 0.1) is 12.8 Å². The van der Waals surface area contributed by atoms with Crippen molar-refractivity contribution in [1.29, 1.82) is 0 Å². The third kappa shape index (κ3) is 3.33. The number of aliphatic hydroxyl groups is 1. The van der Waals surface area contributed by atoms with E-state index in [0.717, 1.165) is 5.57 Å². The second-order valence-electron chi connectivity index (χ2n) is 2.72. The van der Waals surface area contributed by atoms with Gasteiger partial charge in [0, 0.05) is 5.92 Å².